The molecular formula is C63H74BN3. The Kier molecular flexibility index (Phi) is 25.6. The number of fused-ring (bicyclic) bond motifs is 3. The quantitative estimate of drug-likeness (QED) is 0.0847. The molecule has 2 aliphatic carbocycles. The summed E-state index contributed by atoms with van der Waals surface area (Å²) in [6.45, 7) is 16.5. The van der Waals surface area contributed by atoms with Crippen LogP contribution in [0.1, 0.15) is 45.4 Å². The number of aryl methyl sites for hydroxylation is 1. The zero-order valence-electron chi connectivity index (χ0n) is 42.0. The highest BCUT2D eigenvalue weighted by Gasteiger charge is 2.18. The summed E-state index contributed by atoms with van der Waals surface area (Å²) in [5.74, 6) is 0. The molecule has 0 unspecified atom stereocenters. The molecule has 0 bridgehead atoms. The van der Waals surface area contributed by atoms with Gasteiger partial charge in [0.15, 0.2) is 6.71 Å². The van der Waals surface area contributed by atoms with Crippen LogP contribution in [0.15, 0.2) is 247 Å². The Bertz CT molecular complexity index is 2550. The van der Waals surface area contributed by atoms with Gasteiger partial charge in [0, 0.05) is 56.0 Å². The SMILES string of the molecule is C/C=C\C(=C/C)C1=CC=CC=CC1.C=C/C=C\C(=NC)B(C)C.CC.CN(C)c1cc2c3c(n(C)c2cc1-c1ccccc1)C=CC=CC3.c1ccc(-c2ccccc2)cc1.c1ccccc1. The molecule has 0 aliphatic heterocycles. The zero-order chi connectivity index (χ0) is 48.7. The summed E-state index contributed by atoms with van der Waals surface area (Å²) in [6.07, 6.45) is 33.4. The van der Waals surface area contributed by atoms with Gasteiger partial charge in [0.25, 0.3) is 0 Å². The fraction of sp³-hybridized carbons (Fsp3) is 0.190. The summed E-state index contributed by atoms with van der Waals surface area (Å²) in [5.41, 5.74) is 14.2. The van der Waals surface area contributed by atoms with Gasteiger partial charge in [-0.3, -0.25) is 0 Å². The van der Waals surface area contributed by atoms with Gasteiger partial charge in [-0.15, -0.1) is 0 Å². The van der Waals surface area contributed by atoms with E-state index >= 15 is 0 Å². The molecule has 6 aromatic rings. The molecule has 0 spiro atoms. The standard InChI is InChI=1S/C22H22N2.C13H16.C12H10.C8H14BN.C6H6.C2H6/c1-23(2)21-15-19-17-12-8-5-9-13-20(17)24(3)22(19)14-18(21)16-10-6-4-7-11-16;1-3-9-12(4-2)13-10-7-5-6-8-11-13;1-3-7-11(8-4-1)12-9-5-2-6-10-12;1-5-6-7-8(10-4)9(2)3;1-2-4-6-5-3-1;1-2/h4-11,13-15H,12H2,1-3H3;3-10H,11H2,1-2H3;1-10H;5-7H,1H2,2-4H3;1-6H;1-2H3/b;9-3-,12-4+;;7-6-,10-8?;;. The maximum Gasteiger partial charge on any atom is 0.193 e. The maximum atomic E-state index is 4.11. The monoisotopic (exact) mass is 884 g/mol. The molecule has 5 aromatic carbocycles. The van der Waals surface area contributed by atoms with Crippen molar-refractivity contribution in [1.29, 1.82) is 0 Å². The van der Waals surface area contributed by atoms with Gasteiger partial charge in [0.05, 0.1) is 0 Å². The Morgan fingerprint density at radius 1 is 0.672 bits per heavy atom. The van der Waals surface area contributed by atoms with E-state index in [-0.39, 0.29) is 0 Å². The minimum Gasteiger partial charge on any atom is -0.377 e. The summed E-state index contributed by atoms with van der Waals surface area (Å²) in [5, 5.41) is 1.35. The van der Waals surface area contributed by atoms with Crippen molar-refractivity contribution >= 4 is 35.0 Å². The van der Waals surface area contributed by atoms with E-state index in [0.29, 0.717) is 6.71 Å². The van der Waals surface area contributed by atoms with Crippen molar-refractivity contribution in [1.82, 2.24) is 4.57 Å². The highest BCUT2D eigenvalue weighted by Crippen LogP contribution is 2.38. The number of rotatable bonds is 8. The summed E-state index contributed by atoms with van der Waals surface area (Å²) in [4.78, 5) is 6.32. The average molecular weight is 884 g/mol. The van der Waals surface area contributed by atoms with E-state index < -0.39 is 0 Å². The highest BCUT2D eigenvalue weighted by atomic mass is 15.1. The summed E-state index contributed by atoms with van der Waals surface area (Å²) >= 11 is 0. The lowest BCUT2D eigenvalue weighted by Gasteiger charge is -2.19. The number of nitrogens with zero attached hydrogens (tertiary/aromatic N) is 3. The number of aromatic nitrogens is 1. The highest BCUT2D eigenvalue weighted by molar-refractivity contribution is 6.91. The largest absolute Gasteiger partial charge is 0.377 e. The molecule has 67 heavy (non-hydrogen) atoms. The first-order valence-electron chi connectivity index (χ1n) is 23.6. The van der Waals surface area contributed by atoms with Crippen molar-refractivity contribution in [2.75, 3.05) is 26.0 Å². The fourth-order valence-corrected chi connectivity index (χ4v) is 7.32. The predicted molar refractivity (Wildman–Crippen MR) is 304 cm³/mol. The molecular weight excluding hydrogens is 810 g/mol. The number of anilines is 1. The number of allylic oxidation sites excluding steroid dienone is 16. The second kappa shape index (κ2) is 31.7. The minimum atomic E-state index is 0.501. The van der Waals surface area contributed by atoms with Crippen LogP contribution in [-0.4, -0.2) is 38.0 Å². The van der Waals surface area contributed by atoms with E-state index in [2.05, 4.69) is 227 Å². The smallest absolute Gasteiger partial charge is 0.193 e. The van der Waals surface area contributed by atoms with Crippen molar-refractivity contribution in [2.24, 2.45) is 12.0 Å². The molecule has 4 heteroatoms. The summed E-state index contributed by atoms with van der Waals surface area (Å²) in [7, 11) is 8.22. The van der Waals surface area contributed by atoms with Crippen molar-refractivity contribution in [3.8, 4) is 22.3 Å². The van der Waals surface area contributed by atoms with Gasteiger partial charge in [-0.1, -0.05) is 247 Å². The Labute approximate surface area is 405 Å². The van der Waals surface area contributed by atoms with Crippen LogP contribution < -0.4 is 4.90 Å². The van der Waals surface area contributed by atoms with Gasteiger partial charge in [0.1, 0.15) is 0 Å². The van der Waals surface area contributed by atoms with Crippen LogP contribution in [0, 0.1) is 0 Å². The van der Waals surface area contributed by atoms with Gasteiger partial charge < -0.3 is 14.5 Å². The third kappa shape index (κ3) is 18.0. The number of hydrogen-bond donors (Lipinski definition) is 0. The van der Waals surface area contributed by atoms with E-state index in [4.69, 9.17) is 0 Å². The molecule has 0 saturated heterocycles. The Morgan fingerprint density at radius 2 is 1.19 bits per heavy atom. The van der Waals surface area contributed by atoms with Crippen LogP contribution in [0.3, 0.4) is 0 Å². The minimum absolute atomic E-state index is 0.501. The van der Waals surface area contributed by atoms with E-state index in [1.165, 1.54) is 61.2 Å². The van der Waals surface area contributed by atoms with Crippen LogP contribution in [0.25, 0.3) is 39.2 Å². The molecule has 0 N–H and O–H groups in total. The fourth-order valence-electron chi connectivity index (χ4n) is 7.32. The number of benzene rings is 5. The normalized spacial score (nSPS) is 12.5. The van der Waals surface area contributed by atoms with Crippen LogP contribution in [0.2, 0.25) is 13.6 Å². The second-order valence-corrected chi connectivity index (χ2v) is 15.8. The molecule has 8 rings (SSSR count). The van der Waals surface area contributed by atoms with Gasteiger partial charge in [-0.2, -0.15) is 0 Å². The first-order chi connectivity index (χ1) is 32.7. The first kappa shape index (κ1) is 54.2. The van der Waals surface area contributed by atoms with Crippen molar-refractivity contribution in [3.63, 3.8) is 0 Å². The third-order valence-corrected chi connectivity index (χ3v) is 10.7. The van der Waals surface area contributed by atoms with Crippen molar-refractivity contribution in [3.05, 3.63) is 254 Å². The van der Waals surface area contributed by atoms with E-state index in [1.54, 1.807) is 6.08 Å². The van der Waals surface area contributed by atoms with E-state index in [1.807, 2.05) is 88.5 Å². The number of hydrogen-bond acceptors (Lipinski definition) is 2. The molecule has 1 heterocycles. The molecule has 1 aromatic heterocycles. The second-order valence-electron chi connectivity index (χ2n) is 15.8. The first-order valence-corrected chi connectivity index (χ1v) is 23.6. The molecule has 0 amide bonds. The topological polar surface area (TPSA) is 20.5 Å². The van der Waals surface area contributed by atoms with Crippen LogP contribution in [-0.2, 0) is 13.5 Å². The van der Waals surface area contributed by atoms with Crippen LogP contribution in [0.5, 0.6) is 0 Å². The predicted octanol–water partition coefficient (Wildman–Crippen LogP) is 17.1. The maximum absolute atomic E-state index is 4.11. The Balaban J connectivity index is 0.000000237. The zero-order valence-corrected chi connectivity index (χ0v) is 42.0. The third-order valence-electron chi connectivity index (χ3n) is 10.7. The Morgan fingerprint density at radius 3 is 1.69 bits per heavy atom. The average Bonchev–Trinajstić information content (AvgIpc) is 3.68. The molecule has 3 nitrogen and oxygen atoms in total. The van der Waals surface area contributed by atoms with Crippen molar-refractivity contribution in [2.45, 2.75) is 54.2 Å². The van der Waals surface area contributed by atoms with Crippen LogP contribution in [0.4, 0.5) is 5.69 Å². The summed E-state index contributed by atoms with van der Waals surface area (Å²) < 4.78 is 2.32. The number of aliphatic imine (C=N–C) groups is 1. The Hall–Kier alpha value is -7.17. The molecule has 0 radical (unpaired) electrons. The van der Waals surface area contributed by atoms with Gasteiger partial charge in [-0.25, -0.2) is 0 Å². The lowest BCUT2D eigenvalue weighted by molar-refractivity contribution is 0.945. The van der Waals surface area contributed by atoms with E-state index in [9.17, 15) is 0 Å². The van der Waals surface area contributed by atoms with Gasteiger partial charge in [0.2, 0.25) is 0 Å². The van der Waals surface area contributed by atoms with Gasteiger partial charge in [-0.05, 0) is 83.9 Å². The lowest BCUT2D eigenvalue weighted by Crippen LogP contribution is -2.14. The van der Waals surface area contributed by atoms with Crippen molar-refractivity contribution < 1.29 is 0 Å². The van der Waals surface area contributed by atoms with Crippen LogP contribution >= 0.6 is 0 Å². The summed E-state index contributed by atoms with van der Waals surface area (Å²) in [6, 6.07) is 48.1. The molecule has 0 saturated carbocycles. The lowest BCUT2D eigenvalue weighted by atomic mass is 9.50. The molecule has 344 valence electrons. The molecule has 2 aliphatic rings. The molecule has 0 atom stereocenters. The van der Waals surface area contributed by atoms with E-state index in [0.717, 1.165) is 18.5 Å². The molecule has 0 fully saturated rings. The van der Waals surface area contributed by atoms with Gasteiger partial charge >= 0.3 is 0 Å².